The van der Waals surface area contributed by atoms with Gasteiger partial charge >= 0.3 is 0 Å². The highest BCUT2D eigenvalue weighted by molar-refractivity contribution is 9.10. The van der Waals surface area contributed by atoms with Gasteiger partial charge in [0.15, 0.2) is 5.78 Å². The Balaban J connectivity index is 1.87. The van der Waals surface area contributed by atoms with Crippen molar-refractivity contribution in [2.24, 2.45) is 0 Å². The van der Waals surface area contributed by atoms with Crippen LogP contribution in [0.4, 0.5) is 0 Å². The third kappa shape index (κ3) is 5.29. The molecule has 0 aliphatic rings. The van der Waals surface area contributed by atoms with Crippen LogP contribution in [0.3, 0.4) is 0 Å². The van der Waals surface area contributed by atoms with Gasteiger partial charge in [-0.25, -0.2) is 0 Å². The van der Waals surface area contributed by atoms with Crippen molar-refractivity contribution in [2.45, 2.75) is 19.4 Å². The summed E-state index contributed by atoms with van der Waals surface area (Å²) in [6.07, 6.45) is 0.441. The van der Waals surface area contributed by atoms with Crippen LogP contribution in [-0.2, 0) is 11.3 Å². The van der Waals surface area contributed by atoms with Gasteiger partial charge in [-0.3, -0.25) is 9.59 Å². The molecule has 0 unspecified atom stereocenters. The predicted molar refractivity (Wildman–Crippen MR) is 98.3 cm³/mol. The van der Waals surface area contributed by atoms with Crippen LogP contribution in [0, 0.1) is 0 Å². The predicted octanol–water partition coefficient (Wildman–Crippen LogP) is 4.83. The van der Waals surface area contributed by atoms with E-state index in [1.54, 1.807) is 24.1 Å². The standard InChI is InChI=1S/C18H17Br2NO2/c1-21(12-14-4-2-3-5-16(14)20)18(23)11-10-17(22)13-6-8-15(19)9-7-13/h2-9H,10-12H2,1H3. The molecule has 0 saturated carbocycles. The van der Waals surface area contributed by atoms with E-state index in [1.165, 1.54) is 0 Å². The van der Waals surface area contributed by atoms with Crippen molar-refractivity contribution in [3.8, 4) is 0 Å². The van der Waals surface area contributed by atoms with Gasteiger partial charge in [0, 0.05) is 40.9 Å². The Morgan fingerprint density at radius 1 is 0.957 bits per heavy atom. The van der Waals surface area contributed by atoms with Gasteiger partial charge in [-0.15, -0.1) is 0 Å². The molecular weight excluding hydrogens is 422 g/mol. The van der Waals surface area contributed by atoms with Gasteiger partial charge in [0.1, 0.15) is 0 Å². The molecule has 23 heavy (non-hydrogen) atoms. The maximum absolute atomic E-state index is 12.2. The van der Waals surface area contributed by atoms with Gasteiger partial charge in [-0.05, 0) is 23.8 Å². The van der Waals surface area contributed by atoms with E-state index in [1.807, 2.05) is 36.4 Å². The zero-order valence-electron chi connectivity index (χ0n) is 12.8. The van der Waals surface area contributed by atoms with E-state index in [0.717, 1.165) is 14.5 Å². The number of benzene rings is 2. The molecular formula is C18H17Br2NO2. The van der Waals surface area contributed by atoms with Gasteiger partial charge in [0.05, 0.1) is 0 Å². The van der Waals surface area contributed by atoms with Crippen LogP contribution < -0.4 is 0 Å². The molecule has 5 heteroatoms. The van der Waals surface area contributed by atoms with Gasteiger partial charge in [-0.2, -0.15) is 0 Å². The molecule has 0 aromatic heterocycles. The molecule has 0 heterocycles. The van der Waals surface area contributed by atoms with E-state index in [-0.39, 0.29) is 24.5 Å². The molecule has 0 bridgehead atoms. The van der Waals surface area contributed by atoms with Crippen LogP contribution in [0.15, 0.2) is 57.5 Å². The molecule has 1 amide bonds. The number of Topliss-reactive ketones (excluding diaryl/α,β-unsaturated/α-hetero) is 1. The highest BCUT2D eigenvalue weighted by Crippen LogP contribution is 2.18. The van der Waals surface area contributed by atoms with Crippen LogP contribution in [0.25, 0.3) is 0 Å². The lowest BCUT2D eigenvalue weighted by molar-refractivity contribution is -0.130. The van der Waals surface area contributed by atoms with E-state index in [9.17, 15) is 9.59 Å². The first-order chi connectivity index (χ1) is 11.0. The van der Waals surface area contributed by atoms with Crippen molar-refractivity contribution in [3.63, 3.8) is 0 Å². The smallest absolute Gasteiger partial charge is 0.223 e. The Hall–Kier alpha value is -1.46. The lowest BCUT2D eigenvalue weighted by atomic mass is 10.1. The molecule has 0 N–H and O–H groups in total. The molecule has 0 aliphatic carbocycles. The Morgan fingerprint density at radius 3 is 2.26 bits per heavy atom. The van der Waals surface area contributed by atoms with Crippen molar-refractivity contribution >= 4 is 43.6 Å². The summed E-state index contributed by atoms with van der Waals surface area (Å²) in [4.78, 5) is 25.9. The Kier molecular flexibility index (Phi) is 6.54. The summed E-state index contributed by atoms with van der Waals surface area (Å²) in [6, 6.07) is 15.0. The number of amides is 1. The number of halogens is 2. The van der Waals surface area contributed by atoms with Crippen LogP contribution in [0.5, 0.6) is 0 Å². The van der Waals surface area contributed by atoms with Crippen molar-refractivity contribution in [1.29, 1.82) is 0 Å². The summed E-state index contributed by atoms with van der Waals surface area (Å²) in [5.74, 6) is -0.0497. The lowest BCUT2D eigenvalue weighted by Crippen LogP contribution is -2.26. The van der Waals surface area contributed by atoms with E-state index in [2.05, 4.69) is 31.9 Å². The fourth-order valence-corrected chi connectivity index (χ4v) is 2.84. The minimum atomic E-state index is -0.0359. The molecule has 0 radical (unpaired) electrons. The minimum Gasteiger partial charge on any atom is -0.341 e. The molecule has 2 aromatic carbocycles. The van der Waals surface area contributed by atoms with Crippen molar-refractivity contribution in [2.75, 3.05) is 7.05 Å². The molecule has 2 rings (SSSR count). The topological polar surface area (TPSA) is 37.4 Å². The SMILES string of the molecule is CN(Cc1ccccc1Br)C(=O)CCC(=O)c1ccc(Br)cc1. The third-order valence-electron chi connectivity index (χ3n) is 3.52. The molecule has 3 nitrogen and oxygen atoms in total. The summed E-state index contributed by atoms with van der Waals surface area (Å²) in [5, 5.41) is 0. The zero-order chi connectivity index (χ0) is 16.8. The molecule has 0 spiro atoms. The van der Waals surface area contributed by atoms with Crippen LogP contribution in [-0.4, -0.2) is 23.6 Å². The number of carbonyl (C=O) groups excluding carboxylic acids is 2. The Morgan fingerprint density at radius 2 is 1.61 bits per heavy atom. The fourth-order valence-electron chi connectivity index (χ4n) is 2.16. The van der Waals surface area contributed by atoms with Crippen LogP contribution in [0.1, 0.15) is 28.8 Å². The third-order valence-corrected chi connectivity index (χ3v) is 4.83. The summed E-state index contributed by atoms with van der Waals surface area (Å²) in [6.45, 7) is 0.521. The van der Waals surface area contributed by atoms with Gasteiger partial charge in [0.2, 0.25) is 5.91 Å². The van der Waals surface area contributed by atoms with Gasteiger partial charge in [-0.1, -0.05) is 62.2 Å². The van der Waals surface area contributed by atoms with Crippen molar-refractivity contribution in [3.05, 3.63) is 68.6 Å². The maximum Gasteiger partial charge on any atom is 0.223 e. The molecule has 0 atom stereocenters. The first-order valence-corrected chi connectivity index (χ1v) is 8.82. The quantitative estimate of drug-likeness (QED) is 0.605. The molecule has 0 aliphatic heterocycles. The second-order valence-electron chi connectivity index (χ2n) is 5.27. The lowest BCUT2D eigenvalue weighted by Gasteiger charge is -2.18. The summed E-state index contributed by atoms with van der Waals surface area (Å²) < 4.78 is 1.91. The molecule has 0 saturated heterocycles. The number of carbonyl (C=O) groups is 2. The number of hydrogen-bond acceptors (Lipinski definition) is 2. The average molecular weight is 439 g/mol. The van der Waals surface area contributed by atoms with Crippen molar-refractivity contribution in [1.82, 2.24) is 4.90 Å². The number of rotatable bonds is 6. The Labute approximate surface area is 152 Å². The highest BCUT2D eigenvalue weighted by Gasteiger charge is 2.14. The summed E-state index contributed by atoms with van der Waals surface area (Å²) in [5.41, 5.74) is 1.68. The molecule has 120 valence electrons. The van der Waals surface area contributed by atoms with Gasteiger partial charge < -0.3 is 4.90 Å². The number of hydrogen-bond donors (Lipinski definition) is 0. The van der Waals surface area contributed by atoms with E-state index in [0.29, 0.717) is 12.1 Å². The van der Waals surface area contributed by atoms with Crippen LogP contribution in [0.2, 0.25) is 0 Å². The second-order valence-corrected chi connectivity index (χ2v) is 7.04. The fraction of sp³-hybridized carbons (Fsp3) is 0.222. The molecule has 0 fully saturated rings. The minimum absolute atomic E-state index is 0.0138. The molecule has 2 aromatic rings. The Bertz CT molecular complexity index is 698. The summed E-state index contributed by atoms with van der Waals surface area (Å²) >= 11 is 6.81. The first kappa shape index (κ1) is 17.9. The average Bonchev–Trinajstić information content (AvgIpc) is 2.55. The largest absolute Gasteiger partial charge is 0.341 e. The normalized spacial score (nSPS) is 10.4. The van der Waals surface area contributed by atoms with E-state index < -0.39 is 0 Å². The van der Waals surface area contributed by atoms with E-state index >= 15 is 0 Å². The van der Waals surface area contributed by atoms with E-state index in [4.69, 9.17) is 0 Å². The zero-order valence-corrected chi connectivity index (χ0v) is 15.9. The maximum atomic E-state index is 12.2. The summed E-state index contributed by atoms with van der Waals surface area (Å²) in [7, 11) is 1.76. The van der Waals surface area contributed by atoms with Crippen LogP contribution >= 0.6 is 31.9 Å². The first-order valence-electron chi connectivity index (χ1n) is 7.23. The highest BCUT2D eigenvalue weighted by atomic mass is 79.9. The monoisotopic (exact) mass is 437 g/mol. The number of ketones is 1. The van der Waals surface area contributed by atoms with Gasteiger partial charge in [0.25, 0.3) is 0 Å². The van der Waals surface area contributed by atoms with Crippen molar-refractivity contribution < 1.29 is 9.59 Å². The number of nitrogens with zero attached hydrogens (tertiary/aromatic N) is 1. The second kappa shape index (κ2) is 8.41.